The monoisotopic (exact) mass is 231 g/mol. The quantitative estimate of drug-likeness (QED) is 0.778. The van der Waals surface area contributed by atoms with Crippen molar-refractivity contribution in [1.82, 2.24) is 0 Å². The molecule has 2 N–H and O–H groups in total. The van der Waals surface area contributed by atoms with E-state index in [1.54, 1.807) is 0 Å². The van der Waals surface area contributed by atoms with E-state index < -0.39 is 15.7 Å². The van der Waals surface area contributed by atoms with Crippen molar-refractivity contribution < 1.29 is 12.8 Å². The molecule has 0 aliphatic rings. The van der Waals surface area contributed by atoms with Crippen LogP contribution >= 0.6 is 0 Å². The second kappa shape index (κ2) is 5.23. The summed E-state index contributed by atoms with van der Waals surface area (Å²) >= 11 is 0. The van der Waals surface area contributed by atoms with Gasteiger partial charge in [0.1, 0.15) is 10.7 Å². The maximum Gasteiger partial charge on any atom is 0.181 e. The molecule has 0 amide bonds. The Bertz CT molecular complexity index is 417. The Hall–Kier alpha value is -0.940. The molecule has 0 aromatic heterocycles. The molecular formula is C10H14FNO2S. The summed E-state index contributed by atoms with van der Waals surface area (Å²) in [5.41, 5.74) is 5.26. The predicted molar refractivity (Wildman–Crippen MR) is 56.7 cm³/mol. The highest BCUT2D eigenvalue weighted by Crippen LogP contribution is 2.16. The highest BCUT2D eigenvalue weighted by molar-refractivity contribution is 7.91. The van der Waals surface area contributed by atoms with E-state index in [0.717, 1.165) is 6.07 Å². The summed E-state index contributed by atoms with van der Waals surface area (Å²) in [6.07, 6.45) is 1.10. The van der Waals surface area contributed by atoms with E-state index in [-0.39, 0.29) is 10.6 Å². The summed E-state index contributed by atoms with van der Waals surface area (Å²) in [6, 6.07) is 5.41. The van der Waals surface area contributed by atoms with Gasteiger partial charge >= 0.3 is 0 Å². The lowest BCUT2D eigenvalue weighted by molar-refractivity contribution is 0.564. The number of hydrogen-bond acceptors (Lipinski definition) is 3. The van der Waals surface area contributed by atoms with E-state index in [1.165, 1.54) is 18.2 Å². The second-order valence-electron chi connectivity index (χ2n) is 3.25. The first kappa shape index (κ1) is 12.1. The van der Waals surface area contributed by atoms with E-state index in [1.807, 2.05) is 0 Å². The smallest absolute Gasteiger partial charge is 0.181 e. The summed E-state index contributed by atoms with van der Waals surface area (Å²) in [6.45, 7) is 0.451. The van der Waals surface area contributed by atoms with E-state index in [0.29, 0.717) is 19.4 Å². The van der Waals surface area contributed by atoms with Crippen molar-refractivity contribution in [2.75, 3.05) is 12.3 Å². The van der Waals surface area contributed by atoms with Gasteiger partial charge < -0.3 is 5.73 Å². The van der Waals surface area contributed by atoms with Gasteiger partial charge in [-0.3, -0.25) is 0 Å². The molecule has 1 rings (SSSR count). The van der Waals surface area contributed by atoms with Gasteiger partial charge in [0.05, 0.1) is 5.75 Å². The minimum Gasteiger partial charge on any atom is -0.330 e. The average molecular weight is 231 g/mol. The zero-order valence-corrected chi connectivity index (χ0v) is 9.13. The molecule has 3 nitrogen and oxygen atoms in total. The lowest BCUT2D eigenvalue weighted by Gasteiger charge is -2.04. The molecule has 0 aliphatic heterocycles. The Balaban J connectivity index is 2.83. The molecule has 5 heteroatoms. The molecule has 84 valence electrons. The van der Waals surface area contributed by atoms with Crippen molar-refractivity contribution in [2.24, 2.45) is 5.73 Å². The Morgan fingerprint density at radius 1 is 1.20 bits per heavy atom. The van der Waals surface area contributed by atoms with Gasteiger partial charge in [0.2, 0.25) is 0 Å². The van der Waals surface area contributed by atoms with Crippen molar-refractivity contribution in [3.63, 3.8) is 0 Å². The number of nitrogens with two attached hydrogens (primary N) is 1. The van der Waals surface area contributed by atoms with Crippen molar-refractivity contribution in [3.05, 3.63) is 30.1 Å². The van der Waals surface area contributed by atoms with Crippen molar-refractivity contribution in [2.45, 2.75) is 17.7 Å². The maximum absolute atomic E-state index is 13.2. The topological polar surface area (TPSA) is 60.2 Å². The molecule has 0 atom stereocenters. The zero-order valence-electron chi connectivity index (χ0n) is 8.32. The van der Waals surface area contributed by atoms with Crippen LogP contribution in [0.1, 0.15) is 12.8 Å². The van der Waals surface area contributed by atoms with Gasteiger partial charge in [-0.05, 0) is 31.5 Å². The average Bonchev–Trinajstić information content (AvgIpc) is 2.18. The molecule has 0 unspecified atom stereocenters. The van der Waals surface area contributed by atoms with Crippen LogP contribution < -0.4 is 5.73 Å². The van der Waals surface area contributed by atoms with Crippen LogP contribution in [0.5, 0.6) is 0 Å². The third kappa shape index (κ3) is 3.28. The van der Waals surface area contributed by atoms with Crippen LogP contribution in [0, 0.1) is 5.82 Å². The SMILES string of the molecule is NCCCCS(=O)(=O)c1ccccc1F. The van der Waals surface area contributed by atoms with Crippen LogP contribution in [0.15, 0.2) is 29.2 Å². The maximum atomic E-state index is 13.2. The Kier molecular flexibility index (Phi) is 4.23. The Morgan fingerprint density at radius 3 is 2.47 bits per heavy atom. The molecule has 0 bridgehead atoms. The van der Waals surface area contributed by atoms with Crippen molar-refractivity contribution in [3.8, 4) is 0 Å². The third-order valence-electron chi connectivity index (χ3n) is 2.04. The van der Waals surface area contributed by atoms with E-state index >= 15 is 0 Å². The number of sulfone groups is 1. The van der Waals surface area contributed by atoms with Gasteiger partial charge in [-0.25, -0.2) is 12.8 Å². The van der Waals surface area contributed by atoms with Crippen LogP contribution in [0.3, 0.4) is 0 Å². The molecule has 1 aromatic carbocycles. The van der Waals surface area contributed by atoms with Crippen molar-refractivity contribution >= 4 is 9.84 Å². The summed E-state index contributed by atoms with van der Waals surface area (Å²) < 4.78 is 36.5. The van der Waals surface area contributed by atoms with E-state index in [4.69, 9.17) is 5.73 Å². The van der Waals surface area contributed by atoms with Crippen LogP contribution in [0.4, 0.5) is 4.39 Å². The molecular weight excluding hydrogens is 217 g/mol. The number of halogens is 1. The molecule has 0 spiro atoms. The number of rotatable bonds is 5. The van der Waals surface area contributed by atoms with Crippen LogP contribution in [0.2, 0.25) is 0 Å². The number of unbranched alkanes of at least 4 members (excludes halogenated alkanes) is 1. The van der Waals surface area contributed by atoms with Crippen LogP contribution in [-0.2, 0) is 9.84 Å². The summed E-state index contributed by atoms with van der Waals surface area (Å²) in [5.74, 6) is -0.740. The summed E-state index contributed by atoms with van der Waals surface area (Å²) in [5, 5.41) is 0. The van der Waals surface area contributed by atoms with Gasteiger partial charge in [-0.15, -0.1) is 0 Å². The molecule has 0 saturated heterocycles. The fourth-order valence-electron chi connectivity index (χ4n) is 1.24. The standard InChI is InChI=1S/C10H14FNO2S/c11-9-5-1-2-6-10(9)15(13,14)8-4-3-7-12/h1-2,5-6H,3-4,7-8,12H2. The first-order valence-corrected chi connectivity index (χ1v) is 6.40. The Morgan fingerprint density at radius 2 is 1.87 bits per heavy atom. The molecule has 0 saturated carbocycles. The van der Waals surface area contributed by atoms with Crippen LogP contribution in [0.25, 0.3) is 0 Å². The molecule has 0 aliphatic carbocycles. The van der Waals surface area contributed by atoms with Gasteiger partial charge in [0.15, 0.2) is 9.84 Å². The van der Waals surface area contributed by atoms with E-state index in [9.17, 15) is 12.8 Å². The summed E-state index contributed by atoms with van der Waals surface area (Å²) in [7, 11) is -3.49. The third-order valence-corrected chi connectivity index (χ3v) is 3.87. The molecule has 0 heterocycles. The van der Waals surface area contributed by atoms with Gasteiger partial charge in [0, 0.05) is 0 Å². The fourth-order valence-corrected chi connectivity index (χ4v) is 2.70. The first-order valence-electron chi connectivity index (χ1n) is 4.75. The lowest BCUT2D eigenvalue weighted by Crippen LogP contribution is -2.10. The second-order valence-corrected chi connectivity index (χ2v) is 5.32. The minimum atomic E-state index is -3.49. The number of hydrogen-bond donors (Lipinski definition) is 1. The molecule has 0 radical (unpaired) electrons. The van der Waals surface area contributed by atoms with Crippen molar-refractivity contribution in [1.29, 1.82) is 0 Å². The van der Waals surface area contributed by atoms with E-state index in [2.05, 4.69) is 0 Å². The predicted octanol–water partition coefficient (Wildman–Crippen LogP) is 1.34. The summed E-state index contributed by atoms with van der Waals surface area (Å²) in [4.78, 5) is -0.220. The van der Waals surface area contributed by atoms with Gasteiger partial charge in [-0.1, -0.05) is 12.1 Å². The largest absolute Gasteiger partial charge is 0.330 e. The highest BCUT2D eigenvalue weighted by Gasteiger charge is 2.17. The zero-order chi connectivity index (χ0) is 11.3. The minimum absolute atomic E-state index is 0.0505. The fraction of sp³-hybridized carbons (Fsp3) is 0.400. The van der Waals surface area contributed by atoms with Gasteiger partial charge in [-0.2, -0.15) is 0 Å². The molecule has 0 fully saturated rings. The highest BCUT2D eigenvalue weighted by atomic mass is 32.2. The number of benzene rings is 1. The van der Waals surface area contributed by atoms with Gasteiger partial charge in [0.25, 0.3) is 0 Å². The molecule has 15 heavy (non-hydrogen) atoms. The Labute approximate surface area is 89.0 Å². The lowest BCUT2D eigenvalue weighted by atomic mass is 10.3. The first-order chi connectivity index (χ1) is 7.08. The van der Waals surface area contributed by atoms with Crippen LogP contribution in [-0.4, -0.2) is 20.7 Å². The normalized spacial score (nSPS) is 11.6. The molecule has 1 aromatic rings.